The van der Waals surface area contributed by atoms with Gasteiger partial charge in [-0.2, -0.15) is 13.2 Å². The first-order valence-electron chi connectivity index (χ1n) is 14.9. The standard InChI is InChI=1S/C35H35ClF3N3O4S/c1-3-25(2)40-34(44)32(21-26-11-6-4-7-12-26)41(23-27-17-19-29(36)20-18-27)33(43)24-42(47(45,46)31-15-8-5-9-16-31)30-14-10-13-28(22-30)35(37,38)39/h4-20,22,25,32H,3,21,23-24H2,1-2H3,(H,40,44). The summed E-state index contributed by atoms with van der Waals surface area (Å²) in [5, 5.41) is 3.39. The number of nitrogens with one attached hydrogen (secondary N) is 1. The summed E-state index contributed by atoms with van der Waals surface area (Å²) in [5.41, 5.74) is -0.0817. The van der Waals surface area contributed by atoms with E-state index in [1.165, 1.54) is 35.2 Å². The monoisotopic (exact) mass is 685 g/mol. The summed E-state index contributed by atoms with van der Waals surface area (Å²) >= 11 is 6.10. The highest BCUT2D eigenvalue weighted by Gasteiger charge is 2.36. The van der Waals surface area contributed by atoms with E-state index in [1.807, 2.05) is 32.0 Å². The van der Waals surface area contributed by atoms with Crippen molar-refractivity contribution in [1.82, 2.24) is 10.2 Å². The van der Waals surface area contributed by atoms with Crippen LogP contribution in [0.3, 0.4) is 0 Å². The Labute approximate surface area is 278 Å². The van der Waals surface area contributed by atoms with Crippen LogP contribution in [0.25, 0.3) is 0 Å². The molecule has 0 saturated heterocycles. The van der Waals surface area contributed by atoms with Crippen LogP contribution in [0.2, 0.25) is 5.02 Å². The number of nitrogens with zero attached hydrogens (tertiary/aromatic N) is 2. The number of carbonyl (C=O) groups excluding carboxylic acids is 2. The third-order valence-corrected chi connectivity index (χ3v) is 9.65. The number of halogens is 4. The van der Waals surface area contributed by atoms with Gasteiger partial charge in [0, 0.05) is 24.0 Å². The maximum Gasteiger partial charge on any atom is 0.416 e. The van der Waals surface area contributed by atoms with Gasteiger partial charge in [0.1, 0.15) is 12.6 Å². The molecule has 7 nitrogen and oxygen atoms in total. The van der Waals surface area contributed by atoms with E-state index in [0.29, 0.717) is 27.4 Å². The van der Waals surface area contributed by atoms with E-state index in [0.717, 1.165) is 17.7 Å². The van der Waals surface area contributed by atoms with Crippen molar-refractivity contribution in [3.8, 4) is 0 Å². The van der Waals surface area contributed by atoms with Crippen LogP contribution in [0.5, 0.6) is 0 Å². The predicted molar refractivity (Wildman–Crippen MR) is 176 cm³/mol. The van der Waals surface area contributed by atoms with E-state index in [1.54, 1.807) is 42.5 Å². The lowest BCUT2D eigenvalue weighted by Gasteiger charge is -2.34. The van der Waals surface area contributed by atoms with Crippen molar-refractivity contribution in [2.75, 3.05) is 10.8 Å². The molecular weight excluding hydrogens is 651 g/mol. The van der Waals surface area contributed by atoms with Gasteiger partial charge < -0.3 is 10.2 Å². The molecular formula is C35H35ClF3N3O4S. The van der Waals surface area contributed by atoms with Crippen molar-refractivity contribution in [1.29, 1.82) is 0 Å². The zero-order chi connectivity index (χ0) is 34.2. The largest absolute Gasteiger partial charge is 0.416 e. The fourth-order valence-corrected chi connectivity index (χ4v) is 6.42. The van der Waals surface area contributed by atoms with Crippen molar-refractivity contribution in [3.05, 3.63) is 131 Å². The lowest BCUT2D eigenvalue weighted by Crippen LogP contribution is -2.54. The quantitative estimate of drug-likeness (QED) is 0.163. The van der Waals surface area contributed by atoms with Crippen LogP contribution < -0.4 is 9.62 Å². The Hall–Kier alpha value is -4.35. The van der Waals surface area contributed by atoms with Crippen molar-refractivity contribution in [3.63, 3.8) is 0 Å². The molecule has 2 amide bonds. The molecule has 0 fully saturated rings. The van der Waals surface area contributed by atoms with Gasteiger partial charge in [0.2, 0.25) is 11.8 Å². The highest BCUT2D eigenvalue weighted by atomic mass is 35.5. The first-order valence-corrected chi connectivity index (χ1v) is 16.7. The molecule has 4 aromatic rings. The molecule has 2 atom stereocenters. The number of alkyl halides is 3. The second kappa shape index (κ2) is 15.5. The minimum atomic E-state index is -4.77. The van der Waals surface area contributed by atoms with Crippen molar-refractivity contribution < 1.29 is 31.2 Å². The molecule has 4 aromatic carbocycles. The molecule has 0 bridgehead atoms. The second-order valence-corrected chi connectivity index (χ2v) is 13.3. The van der Waals surface area contributed by atoms with E-state index < -0.39 is 46.2 Å². The number of sulfonamides is 1. The first-order chi connectivity index (χ1) is 22.3. The summed E-state index contributed by atoms with van der Waals surface area (Å²) in [5.74, 6) is -1.25. The van der Waals surface area contributed by atoms with Crippen LogP contribution in [-0.2, 0) is 38.8 Å². The number of carbonyl (C=O) groups is 2. The summed E-state index contributed by atoms with van der Waals surface area (Å²) in [4.78, 5) is 29.3. The van der Waals surface area contributed by atoms with Crippen molar-refractivity contribution >= 4 is 39.1 Å². The fraction of sp³-hybridized carbons (Fsp3) is 0.257. The maximum atomic E-state index is 14.4. The molecule has 0 aromatic heterocycles. The van der Waals surface area contributed by atoms with Crippen LogP contribution >= 0.6 is 11.6 Å². The number of benzene rings is 4. The van der Waals surface area contributed by atoms with Crippen LogP contribution in [0.15, 0.2) is 114 Å². The van der Waals surface area contributed by atoms with Gasteiger partial charge in [-0.1, -0.05) is 85.3 Å². The van der Waals surface area contributed by atoms with Gasteiger partial charge in [0.05, 0.1) is 16.1 Å². The van der Waals surface area contributed by atoms with E-state index in [2.05, 4.69) is 5.32 Å². The van der Waals surface area contributed by atoms with Crippen LogP contribution in [-0.4, -0.2) is 43.8 Å². The molecule has 248 valence electrons. The Bertz CT molecular complexity index is 1760. The zero-order valence-electron chi connectivity index (χ0n) is 25.8. The predicted octanol–water partition coefficient (Wildman–Crippen LogP) is 7.11. The third-order valence-electron chi connectivity index (χ3n) is 7.61. The summed E-state index contributed by atoms with van der Waals surface area (Å²) < 4.78 is 69.9. The normalized spacial score (nSPS) is 13.0. The van der Waals surface area contributed by atoms with Crippen molar-refractivity contribution in [2.24, 2.45) is 0 Å². The minimum Gasteiger partial charge on any atom is -0.352 e. The molecule has 0 spiro atoms. The second-order valence-electron chi connectivity index (χ2n) is 11.0. The number of amides is 2. The van der Waals surface area contributed by atoms with E-state index >= 15 is 0 Å². The number of rotatable bonds is 13. The Balaban J connectivity index is 1.84. The SMILES string of the molecule is CCC(C)NC(=O)C(Cc1ccccc1)N(Cc1ccc(Cl)cc1)C(=O)CN(c1cccc(C(F)(F)F)c1)S(=O)(=O)c1ccccc1. The molecule has 2 unspecified atom stereocenters. The molecule has 0 aliphatic rings. The molecule has 0 aliphatic carbocycles. The highest BCUT2D eigenvalue weighted by molar-refractivity contribution is 7.92. The smallest absolute Gasteiger partial charge is 0.352 e. The molecule has 47 heavy (non-hydrogen) atoms. The third kappa shape index (κ3) is 9.36. The topological polar surface area (TPSA) is 86.8 Å². The fourth-order valence-electron chi connectivity index (χ4n) is 4.87. The molecule has 1 N–H and O–H groups in total. The Kier molecular flexibility index (Phi) is 11.7. The number of anilines is 1. The molecule has 0 saturated carbocycles. The van der Waals surface area contributed by atoms with Gasteiger partial charge in [-0.15, -0.1) is 0 Å². The lowest BCUT2D eigenvalue weighted by molar-refractivity contribution is -0.140. The Morgan fingerprint density at radius 3 is 2.06 bits per heavy atom. The van der Waals surface area contributed by atoms with E-state index in [-0.39, 0.29) is 29.6 Å². The van der Waals surface area contributed by atoms with Crippen molar-refractivity contribution in [2.45, 2.75) is 56.4 Å². The average Bonchev–Trinajstić information content (AvgIpc) is 3.06. The molecule has 0 radical (unpaired) electrons. The summed E-state index contributed by atoms with van der Waals surface area (Å²) in [7, 11) is -4.55. The summed E-state index contributed by atoms with van der Waals surface area (Å²) in [6, 6.07) is 25.2. The number of hydrogen-bond donors (Lipinski definition) is 1. The van der Waals surface area contributed by atoms with Gasteiger partial charge >= 0.3 is 6.18 Å². The molecule has 12 heteroatoms. The molecule has 4 rings (SSSR count). The highest BCUT2D eigenvalue weighted by Crippen LogP contribution is 2.33. The zero-order valence-corrected chi connectivity index (χ0v) is 27.4. The van der Waals surface area contributed by atoms with E-state index in [9.17, 15) is 31.2 Å². The summed E-state index contributed by atoms with van der Waals surface area (Å²) in [6.45, 7) is 2.73. The van der Waals surface area contributed by atoms with Gasteiger partial charge in [-0.25, -0.2) is 8.42 Å². The van der Waals surface area contributed by atoms with Crippen LogP contribution in [0.1, 0.15) is 37.0 Å². The Morgan fingerprint density at radius 1 is 0.851 bits per heavy atom. The van der Waals surface area contributed by atoms with Gasteiger partial charge in [-0.3, -0.25) is 13.9 Å². The van der Waals surface area contributed by atoms with E-state index in [4.69, 9.17) is 11.6 Å². The Morgan fingerprint density at radius 2 is 1.47 bits per heavy atom. The molecule has 0 aliphatic heterocycles. The maximum absolute atomic E-state index is 14.4. The average molecular weight is 686 g/mol. The number of hydrogen-bond acceptors (Lipinski definition) is 4. The first kappa shape index (κ1) is 35.5. The lowest BCUT2D eigenvalue weighted by atomic mass is 10.0. The summed E-state index contributed by atoms with van der Waals surface area (Å²) in [6.07, 6.45) is -4.05. The minimum absolute atomic E-state index is 0.0947. The van der Waals surface area contributed by atoms with Gasteiger partial charge in [0.25, 0.3) is 10.0 Å². The van der Waals surface area contributed by atoms with Gasteiger partial charge in [-0.05, 0) is 66.9 Å². The van der Waals surface area contributed by atoms with Crippen LogP contribution in [0.4, 0.5) is 18.9 Å². The van der Waals surface area contributed by atoms with Crippen LogP contribution in [0, 0.1) is 0 Å². The van der Waals surface area contributed by atoms with Gasteiger partial charge in [0.15, 0.2) is 0 Å². The molecule has 0 heterocycles.